The van der Waals surface area contributed by atoms with E-state index >= 15 is 0 Å². The van der Waals surface area contributed by atoms with Crippen molar-refractivity contribution < 1.29 is 17.3 Å². The molecule has 0 N–H and O–H groups in total. The molecule has 0 saturated carbocycles. The van der Waals surface area contributed by atoms with E-state index in [0.717, 1.165) is 16.8 Å². The molecule has 0 aliphatic carbocycles. The third kappa shape index (κ3) is 3.61. The van der Waals surface area contributed by atoms with Crippen molar-refractivity contribution in [3.63, 3.8) is 0 Å². The zero-order chi connectivity index (χ0) is 21.5. The van der Waals surface area contributed by atoms with Gasteiger partial charge in [-0.25, -0.2) is 12.8 Å². The summed E-state index contributed by atoms with van der Waals surface area (Å²) >= 11 is 0. The molecule has 6 nitrogen and oxygen atoms in total. The summed E-state index contributed by atoms with van der Waals surface area (Å²) in [5.74, 6) is 0.356. The number of anilines is 1. The molecule has 3 aromatic rings. The third-order valence-electron chi connectivity index (χ3n) is 5.56. The largest absolute Gasteiger partial charge is 0.367 e. The van der Waals surface area contributed by atoms with Gasteiger partial charge in [-0.05, 0) is 50.1 Å². The van der Waals surface area contributed by atoms with Crippen LogP contribution in [0.1, 0.15) is 17.0 Å². The van der Waals surface area contributed by atoms with Crippen molar-refractivity contribution in [2.45, 2.75) is 25.7 Å². The van der Waals surface area contributed by atoms with Gasteiger partial charge >= 0.3 is 0 Å². The highest BCUT2D eigenvalue weighted by molar-refractivity contribution is 7.89. The summed E-state index contributed by atoms with van der Waals surface area (Å²) in [6, 6.07) is 12.0. The van der Waals surface area contributed by atoms with E-state index in [0.29, 0.717) is 43.2 Å². The predicted molar refractivity (Wildman–Crippen MR) is 114 cm³/mol. The molecule has 0 bridgehead atoms. The highest BCUT2D eigenvalue weighted by atomic mass is 32.2. The van der Waals surface area contributed by atoms with Gasteiger partial charge in [-0.2, -0.15) is 4.31 Å². The number of hydrogen-bond acceptors (Lipinski definition) is 5. The van der Waals surface area contributed by atoms with E-state index in [9.17, 15) is 12.8 Å². The maximum atomic E-state index is 14.1. The molecule has 0 spiro atoms. The molecule has 158 valence electrons. The van der Waals surface area contributed by atoms with Crippen molar-refractivity contribution in [3.8, 4) is 11.1 Å². The Labute approximate surface area is 176 Å². The number of hydrogen-bond donors (Lipinski definition) is 0. The van der Waals surface area contributed by atoms with Gasteiger partial charge in [0, 0.05) is 31.7 Å². The quantitative estimate of drug-likeness (QED) is 0.629. The fraction of sp³-hybridized carbons (Fsp3) is 0.318. The monoisotopic (exact) mass is 429 g/mol. The summed E-state index contributed by atoms with van der Waals surface area (Å²) in [6.07, 6.45) is 0. The van der Waals surface area contributed by atoms with Gasteiger partial charge in [0.2, 0.25) is 10.0 Å². The second-order valence-corrected chi connectivity index (χ2v) is 9.43. The highest BCUT2D eigenvalue weighted by Crippen LogP contribution is 2.31. The van der Waals surface area contributed by atoms with Crippen LogP contribution in [-0.2, 0) is 10.0 Å². The molecule has 30 heavy (non-hydrogen) atoms. The number of sulfonamides is 1. The SMILES string of the molecule is Cc1ccc(-c2c(C)noc2C)cc1S(=O)(=O)N1CCN(c2ccccc2F)CC1. The Hall–Kier alpha value is -2.71. The number of piperazine rings is 1. The first kappa shape index (κ1) is 20.6. The topological polar surface area (TPSA) is 66.7 Å². The minimum atomic E-state index is -3.69. The van der Waals surface area contributed by atoms with E-state index in [2.05, 4.69) is 5.16 Å². The van der Waals surface area contributed by atoms with Crippen LogP contribution >= 0.6 is 0 Å². The van der Waals surface area contributed by atoms with Crippen LogP contribution in [-0.4, -0.2) is 44.1 Å². The molecule has 1 aliphatic heterocycles. The minimum Gasteiger partial charge on any atom is -0.367 e. The van der Waals surface area contributed by atoms with Crippen LogP contribution in [0.5, 0.6) is 0 Å². The molecule has 0 unspecified atom stereocenters. The first-order valence-electron chi connectivity index (χ1n) is 9.82. The molecule has 0 atom stereocenters. The fourth-order valence-corrected chi connectivity index (χ4v) is 5.62. The molecular weight excluding hydrogens is 405 g/mol. The lowest BCUT2D eigenvalue weighted by atomic mass is 10.0. The zero-order valence-electron chi connectivity index (χ0n) is 17.2. The summed E-state index contributed by atoms with van der Waals surface area (Å²) in [5, 5.41) is 3.97. The van der Waals surface area contributed by atoms with Crippen LogP contribution in [0.4, 0.5) is 10.1 Å². The fourth-order valence-electron chi connectivity index (χ4n) is 3.95. The molecule has 0 amide bonds. The minimum absolute atomic E-state index is 0.277. The Morgan fingerprint density at radius 1 is 1.00 bits per heavy atom. The molecule has 1 saturated heterocycles. The second kappa shape index (κ2) is 7.85. The number of benzene rings is 2. The van der Waals surface area contributed by atoms with Crippen LogP contribution < -0.4 is 4.90 Å². The van der Waals surface area contributed by atoms with E-state index in [1.807, 2.05) is 30.9 Å². The molecule has 8 heteroatoms. The van der Waals surface area contributed by atoms with E-state index in [4.69, 9.17) is 4.52 Å². The molecule has 0 radical (unpaired) electrons. The number of para-hydroxylation sites is 1. The predicted octanol–water partition coefficient (Wildman–Crippen LogP) is 3.92. The average molecular weight is 430 g/mol. The van der Waals surface area contributed by atoms with Crippen LogP contribution in [0.25, 0.3) is 11.1 Å². The Morgan fingerprint density at radius 2 is 1.70 bits per heavy atom. The smallest absolute Gasteiger partial charge is 0.243 e. The van der Waals surface area contributed by atoms with Crippen LogP contribution in [0, 0.1) is 26.6 Å². The van der Waals surface area contributed by atoms with Crippen LogP contribution in [0.2, 0.25) is 0 Å². The van der Waals surface area contributed by atoms with E-state index in [1.54, 1.807) is 31.2 Å². The van der Waals surface area contributed by atoms with Gasteiger partial charge in [-0.3, -0.25) is 0 Å². The Morgan fingerprint density at radius 3 is 2.33 bits per heavy atom. The van der Waals surface area contributed by atoms with Gasteiger partial charge in [0.25, 0.3) is 0 Å². The highest BCUT2D eigenvalue weighted by Gasteiger charge is 2.31. The second-order valence-electron chi connectivity index (χ2n) is 7.52. The van der Waals surface area contributed by atoms with Gasteiger partial charge in [-0.15, -0.1) is 0 Å². The summed E-state index contributed by atoms with van der Waals surface area (Å²) in [6.45, 7) is 6.90. The molecular formula is C22H24FN3O3S. The van der Waals surface area contributed by atoms with Gasteiger partial charge < -0.3 is 9.42 Å². The van der Waals surface area contributed by atoms with Crippen molar-refractivity contribution in [1.29, 1.82) is 0 Å². The lowest BCUT2D eigenvalue weighted by Crippen LogP contribution is -2.49. The Bertz CT molecular complexity index is 1160. The summed E-state index contributed by atoms with van der Waals surface area (Å²) < 4.78 is 47.6. The normalized spacial score (nSPS) is 15.5. The van der Waals surface area contributed by atoms with Crippen molar-refractivity contribution >= 4 is 15.7 Å². The van der Waals surface area contributed by atoms with Gasteiger partial charge in [-0.1, -0.05) is 29.4 Å². The maximum Gasteiger partial charge on any atom is 0.243 e. The van der Waals surface area contributed by atoms with Crippen molar-refractivity contribution in [1.82, 2.24) is 9.46 Å². The van der Waals surface area contributed by atoms with E-state index < -0.39 is 10.0 Å². The van der Waals surface area contributed by atoms with Crippen molar-refractivity contribution in [2.24, 2.45) is 0 Å². The van der Waals surface area contributed by atoms with Crippen molar-refractivity contribution in [2.75, 3.05) is 31.1 Å². The van der Waals surface area contributed by atoms with Gasteiger partial charge in [0.05, 0.1) is 16.3 Å². The first-order valence-corrected chi connectivity index (χ1v) is 11.3. The van der Waals surface area contributed by atoms with Gasteiger partial charge in [0.1, 0.15) is 11.6 Å². The van der Waals surface area contributed by atoms with Crippen molar-refractivity contribution in [3.05, 3.63) is 65.3 Å². The maximum absolute atomic E-state index is 14.1. The number of nitrogens with zero attached hydrogens (tertiary/aromatic N) is 3. The van der Waals surface area contributed by atoms with Crippen LogP contribution in [0.3, 0.4) is 0 Å². The molecule has 1 fully saturated rings. The third-order valence-corrected chi connectivity index (χ3v) is 7.60. The summed E-state index contributed by atoms with van der Waals surface area (Å²) in [4.78, 5) is 2.16. The number of halogens is 1. The first-order chi connectivity index (χ1) is 14.3. The Balaban J connectivity index is 1.60. The van der Waals surface area contributed by atoms with Gasteiger partial charge in [0.15, 0.2) is 0 Å². The van der Waals surface area contributed by atoms with Crippen LogP contribution in [0.15, 0.2) is 51.9 Å². The zero-order valence-corrected chi connectivity index (χ0v) is 18.0. The lowest BCUT2D eigenvalue weighted by molar-refractivity contribution is 0.383. The molecule has 2 heterocycles. The lowest BCUT2D eigenvalue weighted by Gasteiger charge is -2.35. The van der Waals surface area contributed by atoms with E-state index in [-0.39, 0.29) is 10.7 Å². The average Bonchev–Trinajstić information content (AvgIpc) is 3.07. The molecule has 2 aromatic carbocycles. The molecule has 1 aromatic heterocycles. The Kier molecular flexibility index (Phi) is 5.38. The summed E-state index contributed by atoms with van der Waals surface area (Å²) in [7, 11) is -3.69. The molecule has 4 rings (SSSR count). The molecule has 1 aliphatic rings. The number of rotatable bonds is 4. The number of aromatic nitrogens is 1. The standard InChI is InChI=1S/C22H24FN3O3S/c1-15-8-9-18(22-16(2)24-29-17(22)3)14-21(15)30(27,28)26-12-10-25(11-13-26)20-7-5-4-6-19(20)23/h4-9,14H,10-13H2,1-3H3. The number of aryl methyl sites for hydroxylation is 3. The van der Waals surface area contributed by atoms with E-state index in [1.165, 1.54) is 10.4 Å². The summed E-state index contributed by atoms with van der Waals surface area (Å²) in [5.41, 5.74) is 3.49.